The van der Waals surface area contributed by atoms with Gasteiger partial charge in [-0.3, -0.25) is 24.5 Å². The Morgan fingerprint density at radius 2 is 1.62 bits per heavy atom. The molecule has 3 aromatic rings. The normalized spacial score (nSPS) is 15.4. The Bertz CT molecular complexity index is 1150. The van der Waals surface area contributed by atoms with Gasteiger partial charge in [-0.15, -0.1) is 0 Å². The predicted octanol–water partition coefficient (Wildman–Crippen LogP) is 4.13. The predicted molar refractivity (Wildman–Crippen MR) is 104 cm³/mol. The molecule has 1 aliphatic carbocycles. The smallest absolute Gasteiger partial charge is 0.311 e. The van der Waals surface area contributed by atoms with Crippen molar-refractivity contribution in [2.45, 2.75) is 12.8 Å². The van der Waals surface area contributed by atoms with Crippen molar-refractivity contribution in [1.29, 1.82) is 0 Å². The number of benzene rings is 3. The van der Waals surface area contributed by atoms with Gasteiger partial charge in [-0.25, -0.2) is 0 Å². The van der Waals surface area contributed by atoms with Gasteiger partial charge in [-0.1, -0.05) is 30.3 Å². The SMILES string of the molecule is O=C(CCC1C(=O)c2cccc3c([N+](=O)[O-])ccc(c23)C1=O)Oc1ccccc1. The first-order chi connectivity index (χ1) is 14.0. The van der Waals surface area contributed by atoms with E-state index in [1.165, 1.54) is 18.2 Å². The number of rotatable bonds is 5. The number of hydrogen-bond acceptors (Lipinski definition) is 6. The van der Waals surface area contributed by atoms with Crippen LogP contribution in [0, 0.1) is 16.0 Å². The van der Waals surface area contributed by atoms with E-state index in [9.17, 15) is 24.5 Å². The van der Waals surface area contributed by atoms with Crippen molar-refractivity contribution in [2.75, 3.05) is 0 Å². The molecule has 1 unspecified atom stereocenters. The van der Waals surface area contributed by atoms with Gasteiger partial charge >= 0.3 is 5.97 Å². The van der Waals surface area contributed by atoms with Crippen molar-refractivity contribution < 1.29 is 24.0 Å². The van der Waals surface area contributed by atoms with Crippen LogP contribution in [-0.4, -0.2) is 22.5 Å². The molecule has 4 rings (SSSR count). The van der Waals surface area contributed by atoms with Crippen LogP contribution in [-0.2, 0) is 4.79 Å². The van der Waals surface area contributed by atoms with Gasteiger partial charge in [0.05, 0.1) is 16.2 Å². The molecule has 0 aromatic heterocycles. The van der Waals surface area contributed by atoms with Crippen molar-refractivity contribution in [3.05, 3.63) is 81.9 Å². The van der Waals surface area contributed by atoms with Crippen LogP contribution in [0.3, 0.4) is 0 Å². The molecule has 0 saturated heterocycles. The second kappa shape index (κ2) is 7.27. The minimum absolute atomic E-state index is 0.0101. The number of Topliss-reactive ketones (excluding diaryl/α,β-unsaturated/α-hetero) is 2. The summed E-state index contributed by atoms with van der Waals surface area (Å²) in [7, 11) is 0. The summed E-state index contributed by atoms with van der Waals surface area (Å²) in [5, 5.41) is 11.8. The van der Waals surface area contributed by atoms with Crippen LogP contribution in [0.1, 0.15) is 33.6 Å². The molecule has 29 heavy (non-hydrogen) atoms. The summed E-state index contributed by atoms with van der Waals surface area (Å²) in [4.78, 5) is 48.7. The summed E-state index contributed by atoms with van der Waals surface area (Å²) in [5.41, 5.74) is 0.376. The van der Waals surface area contributed by atoms with Crippen LogP contribution >= 0.6 is 0 Å². The number of esters is 1. The number of ketones is 2. The van der Waals surface area contributed by atoms with Gasteiger partial charge in [-0.05, 0) is 30.7 Å². The fraction of sp³-hybridized carbons (Fsp3) is 0.136. The first-order valence-electron chi connectivity index (χ1n) is 9.01. The van der Waals surface area contributed by atoms with Crippen molar-refractivity contribution in [1.82, 2.24) is 0 Å². The molecule has 0 heterocycles. The minimum atomic E-state index is -1.02. The molecule has 0 fully saturated rings. The lowest BCUT2D eigenvalue weighted by Gasteiger charge is -2.22. The summed E-state index contributed by atoms with van der Waals surface area (Å²) < 4.78 is 5.21. The average molecular weight is 389 g/mol. The number of hydrogen-bond donors (Lipinski definition) is 0. The van der Waals surface area contributed by atoms with E-state index >= 15 is 0 Å². The Hall–Kier alpha value is -3.87. The monoisotopic (exact) mass is 389 g/mol. The molecule has 1 atom stereocenters. The maximum Gasteiger partial charge on any atom is 0.311 e. The second-order valence-corrected chi connectivity index (χ2v) is 6.72. The largest absolute Gasteiger partial charge is 0.427 e. The number of carbonyl (C=O) groups is 3. The van der Waals surface area contributed by atoms with Crippen LogP contribution in [0.5, 0.6) is 5.75 Å². The summed E-state index contributed by atoms with van der Waals surface area (Å²) in [6.07, 6.45) is -0.0918. The number of ether oxygens (including phenoxy) is 1. The van der Waals surface area contributed by atoms with Crippen molar-refractivity contribution in [3.8, 4) is 5.75 Å². The molecule has 0 bridgehead atoms. The molecule has 7 heteroatoms. The number of non-ortho nitro benzene ring substituents is 1. The van der Waals surface area contributed by atoms with Crippen LogP contribution in [0.15, 0.2) is 60.7 Å². The van der Waals surface area contributed by atoms with Crippen molar-refractivity contribution in [3.63, 3.8) is 0 Å². The fourth-order valence-electron chi connectivity index (χ4n) is 3.65. The first-order valence-corrected chi connectivity index (χ1v) is 9.01. The van der Waals surface area contributed by atoms with E-state index < -0.39 is 28.4 Å². The van der Waals surface area contributed by atoms with Crippen LogP contribution < -0.4 is 4.74 Å². The molecule has 0 N–H and O–H groups in total. The van der Waals surface area contributed by atoms with Gasteiger partial charge in [-0.2, -0.15) is 0 Å². The Morgan fingerprint density at radius 1 is 0.931 bits per heavy atom. The first kappa shape index (κ1) is 18.5. The number of para-hydroxylation sites is 1. The van der Waals surface area contributed by atoms with Crippen LogP contribution in [0.2, 0.25) is 0 Å². The zero-order chi connectivity index (χ0) is 20.5. The highest BCUT2D eigenvalue weighted by Crippen LogP contribution is 2.37. The third kappa shape index (κ3) is 3.27. The van der Waals surface area contributed by atoms with Gasteiger partial charge in [0.25, 0.3) is 5.69 Å². The highest BCUT2D eigenvalue weighted by atomic mass is 16.6. The van der Waals surface area contributed by atoms with Gasteiger partial charge in [0, 0.05) is 29.0 Å². The standard InChI is InChI=1S/C22H15NO6/c24-19(29-13-5-2-1-3-6-13)12-10-17-21(25)15-8-4-7-14-18(23(27)28)11-9-16(20(14)15)22(17)26/h1-9,11,17H,10,12H2. The molecular formula is C22H15NO6. The molecule has 7 nitrogen and oxygen atoms in total. The van der Waals surface area contributed by atoms with E-state index in [0.29, 0.717) is 11.1 Å². The molecule has 144 valence electrons. The average Bonchev–Trinajstić information content (AvgIpc) is 2.72. The van der Waals surface area contributed by atoms with Crippen molar-refractivity contribution in [2.24, 2.45) is 5.92 Å². The molecule has 0 amide bonds. The lowest BCUT2D eigenvalue weighted by Crippen LogP contribution is -2.30. The third-order valence-electron chi connectivity index (χ3n) is 4.99. The van der Waals surface area contributed by atoms with Crippen LogP contribution in [0.4, 0.5) is 5.69 Å². The summed E-state index contributed by atoms with van der Waals surface area (Å²) in [6.45, 7) is 0. The Morgan fingerprint density at radius 3 is 2.31 bits per heavy atom. The Labute approximate surface area is 165 Å². The zero-order valence-corrected chi connectivity index (χ0v) is 15.2. The molecule has 0 spiro atoms. The Balaban J connectivity index is 1.60. The topological polar surface area (TPSA) is 104 Å². The molecule has 3 aromatic carbocycles. The van der Waals surface area contributed by atoms with E-state index in [1.807, 2.05) is 0 Å². The summed E-state index contributed by atoms with van der Waals surface area (Å²) in [5.74, 6) is -2.02. The number of nitro groups is 1. The van der Waals surface area contributed by atoms with E-state index in [-0.39, 0.29) is 35.0 Å². The third-order valence-corrected chi connectivity index (χ3v) is 4.99. The number of nitro benzene ring substituents is 1. The quantitative estimate of drug-likeness (QED) is 0.214. The van der Waals surface area contributed by atoms with Crippen LogP contribution in [0.25, 0.3) is 10.8 Å². The van der Waals surface area contributed by atoms with Gasteiger partial charge < -0.3 is 4.74 Å². The van der Waals surface area contributed by atoms with E-state index in [0.717, 1.165) is 0 Å². The lowest BCUT2D eigenvalue weighted by atomic mass is 9.78. The highest BCUT2D eigenvalue weighted by molar-refractivity contribution is 6.30. The lowest BCUT2D eigenvalue weighted by molar-refractivity contribution is -0.383. The number of carbonyl (C=O) groups excluding carboxylic acids is 3. The second-order valence-electron chi connectivity index (χ2n) is 6.72. The fourth-order valence-corrected chi connectivity index (χ4v) is 3.65. The summed E-state index contributed by atoms with van der Waals surface area (Å²) >= 11 is 0. The van der Waals surface area contributed by atoms with Gasteiger partial charge in [0.1, 0.15) is 5.75 Å². The summed E-state index contributed by atoms with van der Waals surface area (Å²) in [6, 6.07) is 15.8. The number of nitrogens with zero attached hydrogens (tertiary/aromatic N) is 1. The highest BCUT2D eigenvalue weighted by Gasteiger charge is 2.37. The Kier molecular flexibility index (Phi) is 4.64. The molecule has 1 aliphatic rings. The minimum Gasteiger partial charge on any atom is -0.427 e. The van der Waals surface area contributed by atoms with Gasteiger partial charge in [0.15, 0.2) is 11.6 Å². The van der Waals surface area contributed by atoms with E-state index in [2.05, 4.69) is 0 Å². The van der Waals surface area contributed by atoms with Crippen molar-refractivity contribution >= 4 is 34.0 Å². The van der Waals surface area contributed by atoms with E-state index in [1.54, 1.807) is 42.5 Å². The maximum absolute atomic E-state index is 12.9. The van der Waals surface area contributed by atoms with Gasteiger partial charge in [0.2, 0.25) is 0 Å². The molecule has 0 radical (unpaired) electrons. The maximum atomic E-state index is 12.9. The zero-order valence-electron chi connectivity index (χ0n) is 15.2. The van der Waals surface area contributed by atoms with E-state index in [4.69, 9.17) is 4.74 Å². The molecule has 0 saturated carbocycles. The molecule has 0 aliphatic heterocycles. The molecular weight excluding hydrogens is 374 g/mol.